The Labute approximate surface area is 111 Å². The van der Waals surface area contributed by atoms with E-state index in [2.05, 4.69) is 32.0 Å². The van der Waals surface area contributed by atoms with Gasteiger partial charge < -0.3 is 4.52 Å². The van der Waals surface area contributed by atoms with E-state index in [0.29, 0.717) is 8.81 Å². The first-order valence-corrected chi connectivity index (χ1v) is 7.34. The quantitative estimate of drug-likeness (QED) is 0.733. The van der Waals surface area contributed by atoms with Crippen molar-refractivity contribution in [2.75, 3.05) is 0 Å². The van der Waals surface area contributed by atoms with Crippen molar-refractivity contribution in [3.05, 3.63) is 59.7 Å². The molecule has 0 aliphatic heterocycles. The monoisotopic (exact) mass is 258 g/mol. The topological polar surface area (TPSA) is 9.23 Å². The number of aryl methyl sites for hydroxylation is 1. The Bertz CT molecular complexity index is 494. The fraction of sp³-hybridized carbons (Fsp3) is 0.250. The first-order valence-electron chi connectivity index (χ1n) is 6.43. The van der Waals surface area contributed by atoms with E-state index < -0.39 is 0 Å². The summed E-state index contributed by atoms with van der Waals surface area (Å²) in [5.41, 5.74) is 2.90. The lowest BCUT2D eigenvalue weighted by atomic mass is 10.0. The molecule has 94 valence electrons. The van der Waals surface area contributed by atoms with Crippen molar-refractivity contribution < 1.29 is 4.52 Å². The van der Waals surface area contributed by atoms with E-state index >= 15 is 0 Å². The summed E-state index contributed by atoms with van der Waals surface area (Å²) in [6.45, 7) is 4.42. The van der Waals surface area contributed by atoms with Gasteiger partial charge in [0.05, 0.1) is 0 Å². The average Bonchev–Trinajstić information content (AvgIpc) is 2.45. The summed E-state index contributed by atoms with van der Waals surface area (Å²) in [6, 6.07) is 16.5. The van der Waals surface area contributed by atoms with Gasteiger partial charge in [-0.1, -0.05) is 50.2 Å². The van der Waals surface area contributed by atoms with E-state index in [0.717, 1.165) is 18.6 Å². The molecule has 0 amide bonds. The Kier molecular flexibility index (Phi) is 4.78. The van der Waals surface area contributed by atoms with Crippen molar-refractivity contribution >= 4 is 14.1 Å². The number of rotatable bonds is 5. The fourth-order valence-electron chi connectivity index (χ4n) is 2.08. The molecule has 18 heavy (non-hydrogen) atoms. The molecule has 0 N–H and O–H groups in total. The van der Waals surface area contributed by atoms with E-state index in [1.807, 2.05) is 30.3 Å². The van der Waals surface area contributed by atoms with E-state index in [9.17, 15) is 0 Å². The predicted molar refractivity (Wildman–Crippen MR) is 80.2 cm³/mol. The molecule has 0 bridgehead atoms. The van der Waals surface area contributed by atoms with Gasteiger partial charge in [-0.3, -0.25) is 0 Å². The third-order valence-electron chi connectivity index (χ3n) is 3.03. The van der Waals surface area contributed by atoms with Crippen molar-refractivity contribution in [2.45, 2.75) is 26.7 Å². The normalized spacial score (nSPS) is 11.0. The second kappa shape index (κ2) is 6.56. The van der Waals surface area contributed by atoms with Gasteiger partial charge in [0.1, 0.15) is 14.6 Å². The first-order chi connectivity index (χ1) is 8.85. The summed E-state index contributed by atoms with van der Waals surface area (Å²) in [6.07, 6.45) is 2.16. The number of benzene rings is 2. The molecule has 0 heterocycles. The van der Waals surface area contributed by atoms with Crippen LogP contribution in [0.25, 0.3) is 0 Å². The van der Waals surface area contributed by atoms with Gasteiger partial charge in [0, 0.05) is 5.30 Å². The minimum atomic E-state index is 0.387. The zero-order chi connectivity index (χ0) is 12.8. The van der Waals surface area contributed by atoms with E-state index in [1.54, 1.807) is 0 Å². The Balaban J connectivity index is 2.14. The van der Waals surface area contributed by atoms with Crippen LogP contribution in [0.4, 0.5) is 0 Å². The van der Waals surface area contributed by atoms with E-state index in [4.69, 9.17) is 4.52 Å². The molecule has 2 heteroatoms. The van der Waals surface area contributed by atoms with Gasteiger partial charge in [-0.15, -0.1) is 0 Å². The summed E-state index contributed by atoms with van der Waals surface area (Å²) in [7, 11) is 0.387. The van der Waals surface area contributed by atoms with Crippen LogP contribution in [0, 0.1) is 0 Å². The van der Waals surface area contributed by atoms with Crippen LogP contribution in [0.3, 0.4) is 0 Å². The van der Waals surface area contributed by atoms with Gasteiger partial charge in [0.25, 0.3) is 0 Å². The third kappa shape index (κ3) is 3.11. The minimum Gasteiger partial charge on any atom is -0.472 e. The van der Waals surface area contributed by atoms with Crippen molar-refractivity contribution in [3.8, 4) is 5.75 Å². The molecule has 0 aliphatic carbocycles. The van der Waals surface area contributed by atoms with E-state index in [-0.39, 0.29) is 0 Å². The standard InChI is InChI=1S/C16H19OP/c1-3-13-9-8-12-16(15(13)4-2)18-17-14-10-6-5-7-11-14/h5-12,18H,3-4H2,1-2H3. The molecule has 0 aliphatic rings. The van der Waals surface area contributed by atoms with Crippen LogP contribution in [0.1, 0.15) is 25.0 Å². The van der Waals surface area contributed by atoms with Crippen LogP contribution in [0.2, 0.25) is 0 Å². The molecule has 0 fully saturated rings. The van der Waals surface area contributed by atoms with Gasteiger partial charge in [-0.05, 0) is 36.1 Å². The molecule has 1 nitrogen and oxygen atoms in total. The largest absolute Gasteiger partial charge is 0.472 e. The summed E-state index contributed by atoms with van der Waals surface area (Å²) in [5.74, 6) is 0.944. The van der Waals surface area contributed by atoms with Crippen LogP contribution >= 0.6 is 8.81 Å². The summed E-state index contributed by atoms with van der Waals surface area (Å²) < 4.78 is 5.86. The van der Waals surface area contributed by atoms with Crippen molar-refractivity contribution in [1.82, 2.24) is 0 Å². The molecular weight excluding hydrogens is 239 g/mol. The highest BCUT2D eigenvalue weighted by Crippen LogP contribution is 2.23. The van der Waals surface area contributed by atoms with Gasteiger partial charge >= 0.3 is 0 Å². The Morgan fingerprint density at radius 2 is 1.67 bits per heavy atom. The molecule has 2 aromatic rings. The second-order valence-corrected chi connectivity index (χ2v) is 5.11. The lowest BCUT2D eigenvalue weighted by Gasteiger charge is -2.12. The van der Waals surface area contributed by atoms with E-state index in [1.165, 1.54) is 16.4 Å². The second-order valence-electron chi connectivity index (χ2n) is 4.17. The Morgan fingerprint density at radius 3 is 2.33 bits per heavy atom. The van der Waals surface area contributed by atoms with Crippen LogP contribution < -0.4 is 9.83 Å². The summed E-state index contributed by atoms with van der Waals surface area (Å²) in [5, 5.41) is 1.33. The molecule has 0 aromatic heterocycles. The van der Waals surface area contributed by atoms with Crippen LogP contribution in [0.15, 0.2) is 48.5 Å². The molecule has 2 rings (SSSR count). The molecule has 0 saturated carbocycles. The van der Waals surface area contributed by atoms with Crippen molar-refractivity contribution in [1.29, 1.82) is 0 Å². The molecule has 1 atom stereocenters. The number of hydrogen-bond acceptors (Lipinski definition) is 1. The van der Waals surface area contributed by atoms with Gasteiger partial charge in [0.2, 0.25) is 0 Å². The maximum atomic E-state index is 5.86. The molecule has 2 aromatic carbocycles. The SMILES string of the molecule is CCc1cccc(POc2ccccc2)c1CC. The van der Waals surface area contributed by atoms with Crippen molar-refractivity contribution in [3.63, 3.8) is 0 Å². The van der Waals surface area contributed by atoms with Crippen LogP contribution in [-0.2, 0) is 12.8 Å². The zero-order valence-electron chi connectivity index (χ0n) is 10.9. The molecular formula is C16H19OP. The van der Waals surface area contributed by atoms with Gasteiger partial charge in [-0.2, -0.15) is 0 Å². The summed E-state index contributed by atoms with van der Waals surface area (Å²) in [4.78, 5) is 0. The highest BCUT2D eigenvalue weighted by Gasteiger charge is 2.06. The average molecular weight is 258 g/mol. The van der Waals surface area contributed by atoms with Crippen LogP contribution in [0.5, 0.6) is 5.75 Å². The fourth-order valence-corrected chi connectivity index (χ4v) is 3.07. The van der Waals surface area contributed by atoms with Gasteiger partial charge in [-0.25, -0.2) is 0 Å². The Hall–Kier alpha value is -1.33. The highest BCUT2D eigenvalue weighted by atomic mass is 31.1. The van der Waals surface area contributed by atoms with Crippen molar-refractivity contribution in [2.24, 2.45) is 0 Å². The molecule has 0 saturated heterocycles. The molecule has 0 radical (unpaired) electrons. The number of para-hydroxylation sites is 1. The smallest absolute Gasteiger partial charge is 0.123 e. The van der Waals surface area contributed by atoms with Gasteiger partial charge in [0.15, 0.2) is 0 Å². The predicted octanol–water partition coefficient (Wildman–Crippen LogP) is 4.11. The molecule has 0 spiro atoms. The maximum Gasteiger partial charge on any atom is 0.123 e. The lowest BCUT2D eigenvalue weighted by Crippen LogP contribution is -2.08. The summed E-state index contributed by atoms with van der Waals surface area (Å²) >= 11 is 0. The number of hydrogen-bond donors (Lipinski definition) is 0. The lowest BCUT2D eigenvalue weighted by molar-refractivity contribution is 0.638. The zero-order valence-corrected chi connectivity index (χ0v) is 11.9. The van der Waals surface area contributed by atoms with Crippen LogP contribution in [-0.4, -0.2) is 0 Å². The highest BCUT2D eigenvalue weighted by molar-refractivity contribution is 7.42. The molecule has 1 unspecified atom stereocenters. The first kappa shape index (κ1) is 13.1. The maximum absolute atomic E-state index is 5.86. The third-order valence-corrected chi connectivity index (χ3v) is 4.06. The Morgan fingerprint density at radius 1 is 0.889 bits per heavy atom. The minimum absolute atomic E-state index is 0.387.